The van der Waals surface area contributed by atoms with Crippen LogP contribution in [-0.2, 0) is 16.1 Å². The summed E-state index contributed by atoms with van der Waals surface area (Å²) in [6.45, 7) is 2.13. The summed E-state index contributed by atoms with van der Waals surface area (Å²) < 4.78 is 5.31. The van der Waals surface area contributed by atoms with Gasteiger partial charge in [-0.2, -0.15) is 0 Å². The number of rotatable bonds is 7. The third-order valence-corrected chi connectivity index (χ3v) is 4.36. The van der Waals surface area contributed by atoms with Gasteiger partial charge in [0.1, 0.15) is 5.75 Å². The third kappa shape index (κ3) is 5.64. The number of hydrogen-bond acceptors (Lipinski definition) is 3. The molecule has 0 radical (unpaired) electrons. The van der Waals surface area contributed by atoms with Crippen LogP contribution in [0, 0.1) is 0 Å². The number of carbonyl (C=O) groups is 2. The van der Waals surface area contributed by atoms with Gasteiger partial charge < -0.3 is 15.0 Å². The van der Waals surface area contributed by atoms with Gasteiger partial charge in [0.25, 0.3) is 0 Å². The van der Waals surface area contributed by atoms with Gasteiger partial charge in [0.15, 0.2) is 0 Å². The van der Waals surface area contributed by atoms with Crippen molar-refractivity contribution in [1.82, 2.24) is 4.90 Å². The van der Waals surface area contributed by atoms with Gasteiger partial charge in [0.2, 0.25) is 11.8 Å². The number of anilines is 1. The van der Waals surface area contributed by atoms with Gasteiger partial charge in [-0.25, -0.2) is 0 Å². The maximum absolute atomic E-state index is 12.2. The largest absolute Gasteiger partial charge is 0.496 e. The first-order chi connectivity index (χ1) is 12.4. The van der Waals surface area contributed by atoms with Crippen LogP contribution in [0.25, 0.3) is 0 Å². The van der Waals surface area contributed by atoms with E-state index in [9.17, 15) is 9.59 Å². The van der Waals surface area contributed by atoms with Gasteiger partial charge in [-0.15, -0.1) is 0 Å². The van der Waals surface area contributed by atoms with Crippen molar-refractivity contribution in [2.75, 3.05) is 19.0 Å². The van der Waals surface area contributed by atoms with Gasteiger partial charge in [-0.3, -0.25) is 9.59 Å². The van der Waals surface area contributed by atoms with Crippen molar-refractivity contribution >= 4 is 40.7 Å². The highest BCUT2D eigenvalue weighted by atomic mass is 35.5. The van der Waals surface area contributed by atoms with Gasteiger partial charge in [0.05, 0.1) is 17.8 Å². The van der Waals surface area contributed by atoms with Crippen molar-refractivity contribution in [2.24, 2.45) is 0 Å². The Labute approximate surface area is 162 Å². The van der Waals surface area contributed by atoms with Gasteiger partial charge >= 0.3 is 0 Å². The molecule has 138 valence electrons. The highest BCUT2D eigenvalue weighted by Crippen LogP contribution is 2.25. The molecule has 1 N–H and O–H groups in total. The summed E-state index contributed by atoms with van der Waals surface area (Å²) in [5.74, 6) is 0.352. The molecule has 2 aromatic carbocycles. The van der Waals surface area contributed by atoms with Crippen molar-refractivity contribution < 1.29 is 14.3 Å². The van der Waals surface area contributed by atoms with E-state index in [1.165, 1.54) is 6.92 Å². The van der Waals surface area contributed by atoms with Crippen LogP contribution in [0.15, 0.2) is 42.5 Å². The van der Waals surface area contributed by atoms with E-state index in [1.54, 1.807) is 30.2 Å². The number of ether oxygens (including phenoxy) is 1. The Hall–Kier alpha value is -2.24. The monoisotopic (exact) mass is 394 g/mol. The summed E-state index contributed by atoms with van der Waals surface area (Å²) >= 11 is 11.9. The lowest BCUT2D eigenvalue weighted by atomic mass is 10.2. The minimum Gasteiger partial charge on any atom is -0.496 e. The average molecular weight is 395 g/mol. The second-order valence-corrected chi connectivity index (χ2v) is 6.52. The maximum atomic E-state index is 12.2. The summed E-state index contributed by atoms with van der Waals surface area (Å²) in [4.78, 5) is 25.7. The topological polar surface area (TPSA) is 58.6 Å². The molecule has 0 fully saturated rings. The molecule has 0 spiro atoms. The fourth-order valence-electron chi connectivity index (χ4n) is 2.43. The summed E-state index contributed by atoms with van der Waals surface area (Å²) in [5.41, 5.74) is 1.37. The summed E-state index contributed by atoms with van der Waals surface area (Å²) in [5, 5.41) is 3.58. The Morgan fingerprint density at radius 3 is 2.54 bits per heavy atom. The SMILES string of the molecule is COc1ccccc1CN(CCC(=O)Nc1ccc(Cl)cc1Cl)C(C)=O. The molecular weight excluding hydrogens is 375 g/mol. The van der Waals surface area contributed by atoms with Crippen molar-refractivity contribution in [1.29, 1.82) is 0 Å². The number of para-hydroxylation sites is 1. The Morgan fingerprint density at radius 1 is 1.15 bits per heavy atom. The number of nitrogens with zero attached hydrogens (tertiary/aromatic N) is 1. The molecule has 26 heavy (non-hydrogen) atoms. The van der Waals surface area contributed by atoms with Crippen LogP contribution in [-0.4, -0.2) is 30.4 Å². The maximum Gasteiger partial charge on any atom is 0.226 e. The van der Waals surface area contributed by atoms with E-state index in [1.807, 2.05) is 24.3 Å². The van der Waals surface area contributed by atoms with Gasteiger partial charge in [-0.05, 0) is 24.3 Å². The van der Waals surface area contributed by atoms with E-state index in [-0.39, 0.29) is 24.8 Å². The molecule has 0 bridgehead atoms. The molecule has 5 nitrogen and oxygen atoms in total. The van der Waals surface area contributed by atoms with E-state index in [0.29, 0.717) is 28.0 Å². The zero-order valence-electron chi connectivity index (χ0n) is 14.6. The minimum absolute atomic E-state index is 0.117. The number of nitrogens with one attached hydrogen (secondary N) is 1. The van der Waals surface area contributed by atoms with Crippen molar-refractivity contribution in [3.8, 4) is 5.75 Å². The lowest BCUT2D eigenvalue weighted by Gasteiger charge is -2.22. The van der Waals surface area contributed by atoms with E-state index in [0.717, 1.165) is 5.56 Å². The number of amides is 2. The molecule has 0 atom stereocenters. The lowest BCUT2D eigenvalue weighted by Crippen LogP contribution is -2.31. The average Bonchev–Trinajstić information content (AvgIpc) is 2.61. The first-order valence-electron chi connectivity index (χ1n) is 8.03. The van der Waals surface area contributed by atoms with Crippen LogP contribution < -0.4 is 10.1 Å². The molecule has 7 heteroatoms. The molecular formula is C19H20Cl2N2O3. The van der Waals surface area contributed by atoms with Crippen molar-refractivity contribution in [3.05, 3.63) is 58.1 Å². The molecule has 0 unspecified atom stereocenters. The van der Waals surface area contributed by atoms with Crippen LogP contribution in [0.5, 0.6) is 5.75 Å². The molecule has 2 rings (SSSR count). The van der Waals surface area contributed by atoms with E-state index in [4.69, 9.17) is 27.9 Å². The quantitative estimate of drug-likeness (QED) is 0.757. The van der Waals surface area contributed by atoms with Crippen LogP contribution >= 0.6 is 23.2 Å². The lowest BCUT2D eigenvalue weighted by molar-refractivity contribution is -0.129. The Kier molecular flexibility index (Phi) is 7.30. The second kappa shape index (κ2) is 9.46. The van der Waals surface area contributed by atoms with Crippen molar-refractivity contribution in [3.63, 3.8) is 0 Å². The molecule has 0 saturated carbocycles. The molecule has 2 amide bonds. The molecule has 0 aliphatic heterocycles. The highest BCUT2D eigenvalue weighted by Gasteiger charge is 2.15. The van der Waals surface area contributed by atoms with Crippen LogP contribution in [0.1, 0.15) is 18.9 Å². The van der Waals surface area contributed by atoms with Crippen LogP contribution in [0.3, 0.4) is 0 Å². The van der Waals surface area contributed by atoms with E-state index in [2.05, 4.69) is 5.32 Å². The Balaban J connectivity index is 1.97. The molecule has 0 aliphatic carbocycles. The number of carbonyl (C=O) groups excluding carboxylic acids is 2. The number of methoxy groups -OCH3 is 1. The summed E-state index contributed by atoms with van der Waals surface area (Å²) in [6.07, 6.45) is 0.147. The van der Waals surface area contributed by atoms with Gasteiger partial charge in [-0.1, -0.05) is 41.4 Å². The fourth-order valence-corrected chi connectivity index (χ4v) is 2.88. The van der Waals surface area contributed by atoms with Crippen LogP contribution in [0.2, 0.25) is 10.0 Å². The molecule has 0 aliphatic rings. The normalized spacial score (nSPS) is 10.3. The molecule has 0 saturated heterocycles. The van der Waals surface area contributed by atoms with E-state index < -0.39 is 0 Å². The third-order valence-electron chi connectivity index (χ3n) is 3.81. The van der Waals surface area contributed by atoms with Gasteiger partial charge in [0, 0.05) is 37.0 Å². The summed E-state index contributed by atoms with van der Waals surface area (Å²) in [6, 6.07) is 12.3. The number of hydrogen-bond donors (Lipinski definition) is 1. The number of benzene rings is 2. The Morgan fingerprint density at radius 2 is 1.88 bits per heavy atom. The predicted octanol–water partition coefficient (Wildman–Crippen LogP) is 4.38. The zero-order chi connectivity index (χ0) is 19.1. The molecule has 0 aromatic heterocycles. The number of halogens is 2. The zero-order valence-corrected chi connectivity index (χ0v) is 16.1. The van der Waals surface area contributed by atoms with Crippen molar-refractivity contribution in [2.45, 2.75) is 19.9 Å². The minimum atomic E-state index is -0.236. The van der Waals surface area contributed by atoms with E-state index >= 15 is 0 Å². The van der Waals surface area contributed by atoms with Crippen LogP contribution in [0.4, 0.5) is 5.69 Å². The molecule has 0 heterocycles. The second-order valence-electron chi connectivity index (χ2n) is 5.67. The first kappa shape index (κ1) is 20.1. The predicted molar refractivity (Wildman–Crippen MR) is 104 cm³/mol. The molecule has 2 aromatic rings. The standard InChI is InChI=1S/C19H20Cl2N2O3/c1-13(24)23(12-14-5-3-4-6-18(14)26-2)10-9-19(25)22-17-8-7-15(20)11-16(17)21/h3-8,11H,9-10,12H2,1-2H3,(H,22,25). The smallest absolute Gasteiger partial charge is 0.226 e. The fraction of sp³-hybridized carbons (Fsp3) is 0.263. The summed E-state index contributed by atoms with van der Waals surface area (Å²) in [7, 11) is 1.58. The first-order valence-corrected chi connectivity index (χ1v) is 8.78. The Bertz CT molecular complexity index is 796. The highest BCUT2D eigenvalue weighted by molar-refractivity contribution is 6.36.